The van der Waals surface area contributed by atoms with Crippen molar-refractivity contribution in [2.75, 3.05) is 26.3 Å². The molecule has 1 aliphatic rings. The van der Waals surface area contributed by atoms with Gasteiger partial charge in [-0.25, -0.2) is 0 Å². The van der Waals surface area contributed by atoms with Gasteiger partial charge in [0.25, 0.3) is 0 Å². The molecular formula is C15H30N2O. The number of morpholine rings is 1. The zero-order chi connectivity index (χ0) is 13.5. The standard InChI is InChI=1S/C15H30N2O/c1-6-7-12(2)13(3)16-14(4)15(5)17-8-10-18-11-9-17/h6,12-16H,1,7-11H2,2-5H3. The van der Waals surface area contributed by atoms with E-state index in [2.05, 4.69) is 44.5 Å². The van der Waals surface area contributed by atoms with Crippen molar-refractivity contribution >= 4 is 0 Å². The van der Waals surface area contributed by atoms with Gasteiger partial charge in [-0.3, -0.25) is 4.90 Å². The van der Waals surface area contributed by atoms with Crippen LogP contribution >= 0.6 is 0 Å². The van der Waals surface area contributed by atoms with Crippen molar-refractivity contribution in [3.63, 3.8) is 0 Å². The molecule has 0 amide bonds. The molecule has 1 fully saturated rings. The Morgan fingerprint density at radius 1 is 1.17 bits per heavy atom. The molecule has 106 valence electrons. The zero-order valence-electron chi connectivity index (χ0n) is 12.5. The van der Waals surface area contributed by atoms with Crippen LogP contribution in [0.15, 0.2) is 12.7 Å². The number of allylic oxidation sites excluding steroid dienone is 1. The second kappa shape index (κ2) is 7.93. The van der Waals surface area contributed by atoms with E-state index in [1.165, 1.54) is 0 Å². The zero-order valence-corrected chi connectivity index (χ0v) is 12.5. The maximum atomic E-state index is 5.41. The minimum absolute atomic E-state index is 0.505. The third kappa shape index (κ3) is 4.71. The molecule has 18 heavy (non-hydrogen) atoms. The number of nitrogens with one attached hydrogen (secondary N) is 1. The van der Waals surface area contributed by atoms with E-state index in [9.17, 15) is 0 Å². The first-order chi connectivity index (χ1) is 8.56. The predicted molar refractivity (Wildman–Crippen MR) is 77.9 cm³/mol. The van der Waals surface area contributed by atoms with Crippen molar-refractivity contribution in [1.82, 2.24) is 10.2 Å². The van der Waals surface area contributed by atoms with Crippen molar-refractivity contribution in [3.8, 4) is 0 Å². The Morgan fingerprint density at radius 3 is 2.33 bits per heavy atom. The predicted octanol–water partition coefficient (Wildman–Crippen LogP) is 2.29. The van der Waals surface area contributed by atoms with Crippen LogP contribution in [0.4, 0.5) is 0 Å². The Kier molecular flexibility index (Phi) is 6.90. The van der Waals surface area contributed by atoms with Crippen LogP contribution in [0.3, 0.4) is 0 Å². The lowest BCUT2D eigenvalue weighted by molar-refractivity contribution is 0.0124. The molecule has 1 heterocycles. The number of nitrogens with zero attached hydrogens (tertiary/aromatic N) is 1. The van der Waals surface area contributed by atoms with E-state index in [4.69, 9.17) is 4.74 Å². The molecule has 0 aromatic rings. The van der Waals surface area contributed by atoms with Crippen LogP contribution in [-0.4, -0.2) is 49.3 Å². The first-order valence-electron chi connectivity index (χ1n) is 7.25. The fourth-order valence-corrected chi connectivity index (χ4v) is 2.49. The van der Waals surface area contributed by atoms with Gasteiger partial charge >= 0.3 is 0 Å². The van der Waals surface area contributed by atoms with Crippen LogP contribution < -0.4 is 5.32 Å². The molecule has 0 radical (unpaired) electrons. The summed E-state index contributed by atoms with van der Waals surface area (Å²) in [6.07, 6.45) is 3.09. The highest BCUT2D eigenvalue weighted by atomic mass is 16.5. The van der Waals surface area contributed by atoms with Crippen LogP contribution in [0.2, 0.25) is 0 Å². The van der Waals surface area contributed by atoms with E-state index < -0.39 is 0 Å². The largest absolute Gasteiger partial charge is 0.379 e. The summed E-state index contributed by atoms with van der Waals surface area (Å²) in [6, 6.07) is 1.60. The van der Waals surface area contributed by atoms with Crippen LogP contribution in [-0.2, 0) is 4.74 Å². The van der Waals surface area contributed by atoms with Gasteiger partial charge in [0.05, 0.1) is 13.2 Å². The SMILES string of the molecule is C=CCC(C)C(C)NC(C)C(C)N1CCOCC1. The lowest BCUT2D eigenvalue weighted by Gasteiger charge is -2.37. The van der Waals surface area contributed by atoms with Gasteiger partial charge in [-0.1, -0.05) is 13.0 Å². The highest BCUT2D eigenvalue weighted by Gasteiger charge is 2.23. The molecule has 1 N–H and O–H groups in total. The molecule has 0 aromatic carbocycles. The molecule has 3 nitrogen and oxygen atoms in total. The molecule has 0 aliphatic carbocycles. The summed E-state index contributed by atoms with van der Waals surface area (Å²) in [6.45, 7) is 16.8. The van der Waals surface area contributed by atoms with Gasteiger partial charge in [0, 0.05) is 31.2 Å². The van der Waals surface area contributed by atoms with Crippen LogP contribution in [0, 0.1) is 5.92 Å². The van der Waals surface area contributed by atoms with Gasteiger partial charge in [-0.05, 0) is 33.1 Å². The summed E-state index contributed by atoms with van der Waals surface area (Å²) in [5.41, 5.74) is 0. The molecule has 4 unspecified atom stereocenters. The third-order valence-electron chi connectivity index (χ3n) is 4.26. The second-order valence-electron chi connectivity index (χ2n) is 5.63. The molecule has 0 bridgehead atoms. The third-order valence-corrected chi connectivity index (χ3v) is 4.26. The molecule has 1 rings (SSSR count). The van der Waals surface area contributed by atoms with Crippen molar-refractivity contribution in [2.24, 2.45) is 5.92 Å². The van der Waals surface area contributed by atoms with Crippen LogP contribution in [0.5, 0.6) is 0 Å². The summed E-state index contributed by atoms with van der Waals surface area (Å²) < 4.78 is 5.41. The molecule has 1 aliphatic heterocycles. The average molecular weight is 254 g/mol. The van der Waals surface area contributed by atoms with E-state index in [1.54, 1.807) is 0 Å². The van der Waals surface area contributed by atoms with Crippen LogP contribution in [0.1, 0.15) is 34.1 Å². The van der Waals surface area contributed by atoms with Gasteiger partial charge in [-0.15, -0.1) is 6.58 Å². The minimum Gasteiger partial charge on any atom is -0.379 e. The Morgan fingerprint density at radius 2 is 1.78 bits per heavy atom. The van der Waals surface area contributed by atoms with Gasteiger partial charge in [0.1, 0.15) is 0 Å². The van der Waals surface area contributed by atoms with Gasteiger partial charge in [0.15, 0.2) is 0 Å². The molecule has 1 saturated heterocycles. The Hall–Kier alpha value is -0.380. The van der Waals surface area contributed by atoms with E-state index >= 15 is 0 Å². The number of ether oxygens (including phenoxy) is 1. The van der Waals surface area contributed by atoms with Crippen molar-refractivity contribution in [1.29, 1.82) is 0 Å². The van der Waals surface area contributed by atoms with E-state index in [1.807, 2.05) is 6.08 Å². The summed E-state index contributed by atoms with van der Waals surface area (Å²) in [4.78, 5) is 2.52. The number of rotatable bonds is 7. The lowest BCUT2D eigenvalue weighted by Crippen LogP contribution is -2.53. The van der Waals surface area contributed by atoms with E-state index in [0.29, 0.717) is 24.0 Å². The minimum atomic E-state index is 0.505. The Labute approximate surface area is 113 Å². The summed E-state index contributed by atoms with van der Waals surface area (Å²) in [7, 11) is 0. The smallest absolute Gasteiger partial charge is 0.0594 e. The summed E-state index contributed by atoms with van der Waals surface area (Å²) in [5, 5.41) is 3.73. The fourth-order valence-electron chi connectivity index (χ4n) is 2.49. The molecule has 0 aromatic heterocycles. The highest BCUT2D eigenvalue weighted by molar-refractivity contribution is 4.84. The quantitative estimate of drug-likeness (QED) is 0.706. The van der Waals surface area contributed by atoms with E-state index in [-0.39, 0.29) is 0 Å². The van der Waals surface area contributed by atoms with Crippen molar-refractivity contribution in [3.05, 3.63) is 12.7 Å². The van der Waals surface area contributed by atoms with Crippen molar-refractivity contribution < 1.29 is 4.74 Å². The Balaban J connectivity index is 2.37. The number of hydrogen-bond acceptors (Lipinski definition) is 3. The van der Waals surface area contributed by atoms with Crippen LogP contribution in [0.25, 0.3) is 0 Å². The topological polar surface area (TPSA) is 24.5 Å². The maximum Gasteiger partial charge on any atom is 0.0594 e. The van der Waals surface area contributed by atoms with Crippen molar-refractivity contribution in [2.45, 2.75) is 52.2 Å². The second-order valence-corrected chi connectivity index (χ2v) is 5.63. The van der Waals surface area contributed by atoms with E-state index in [0.717, 1.165) is 32.7 Å². The molecule has 0 spiro atoms. The normalized spacial score (nSPS) is 24.2. The first kappa shape index (κ1) is 15.7. The van der Waals surface area contributed by atoms with Gasteiger partial charge < -0.3 is 10.1 Å². The highest BCUT2D eigenvalue weighted by Crippen LogP contribution is 2.12. The molecule has 3 heteroatoms. The lowest BCUT2D eigenvalue weighted by atomic mass is 9.98. The Bertz CT molecular complexity index is 239. The molecule has 0 saturated carbocycles. The average Bonchev–Trinajstić information content (AvgIpc) is 2.39. The molecular weight excluding hydrogens is 224 g/mol. The van der Waals surface area contributed by atoms with Gasteiger partial charge in [-0.2, -0.15) is 0 Å². The maximum absolute atomic E-state index is 5.41. The monoisotopic (exact) mass is 254 g/mol. The number of hydrogen-bond donors (Lipinski definition) is 1. The molecule has 4 atom stereocenters. The summed E-state index contributed by atoms with van der Waals surface area (Å²) in [5.74, 6) is 0.641. The van der Waals surface area contributed by atoms with Gasteiger partial charge in [0.2, 0.25) is 0 Å². The summed E-state index contributed by atoms with van der Waals surface area (Å²) >= 11 is 0. The first-order valence-corrected chi connectivity index (χ1v) is 7.25. The fraction of sp³-hybridized carbons (Fsp3) is 0.867.